The van der Waals surface area contributed by atoms with Crippen LogP contribution in [0.5, 0.6) is 0 Å². The summed E-state index contributed by atoms with van der Waals surface area (Å²) in [5.41, 5.74) is 3.12. The number of amides is 2. The lowest BCUT2D eigenvalue weighted by molar-refractivity contribution is -0.125. The van der Waals surface area contributed by atoms with Crippen LogP contribution in [0.25, 0.3) is 0 Å². The van der Waals surface area contributed by atoms with E-state index < -0.39 is 0 Å². The van der Waals surface area contributed by atoms with Crippen LogP contribution in [0.3, 0.4) is 0 Å². The lowest BCUT2D eigenvalue weighted by atomic mass is 9.99. The Morgan fingerprint density at radius 1 is 1.15 bits per heavy atom. The summed E-state index contributed by atoms with van der Waals surface area (Å²) in [7, 11) is 0. The normalized spacial score (nSPS) is 30.2. The second kappa shape index (κ2) is 3.70. The van der Waals surface area contributed by atoms with Crippen LogP contribution in [0.15, 0.2) is 18.2 Å². The van der Waals surface area contributed by atoms with Gasteiger partial charge in [-0.05, 0) is 41.6 Å². The molecule has 1 aliphatic carbocycles. The minimum atomic E-state index is -0.138. The van der Waals surface area contributed by atoms with Gasteiger partial charge in [-0.25, -0.2) is 0 Å². The summed E-state index contributed by atoms with van der Waals surface area (Å²) in [4.78, 5) is 26.3. The van der Waals surface area contributed by atoms with Crippen molar-refractivity contribution >= 4 is 17.5 Å². The summed E-state index contributed by atoms with van der Waals surface area (Å²) in [6.07, 6.45) is 1.01. The zero-order valence-corrected chi connectivity index (χ0v) is 11.8. The number of nitrogens with one attached hydrogen (secondary N) is 1. The average Bonchev–Trinajstić information content (AvgIpc) is 2.88. The third kappa shape index (κ3) is 1.40. The number of carbonyl (C=O) groups is 2. The molecule has 1 saturated carbocycles. The van der Waals surface area contributed by atoms with Crippen LogP contribution in [0.4, 0.5) is 5.69 Å². The Morgan fingerprint density at radius 3 is 2.55 bits per heavy atom. The van der Waals surface area contributed by atoms with Gasteiger partial charge in [-0.3, -0.25) is 14.5 Å². The number of fused-ring (bicyclic) bond motifs is 2. The molecule has 2 fully saturated rings. The average molecular weight is 270 g/mol. The Labute approximate surface area is 118 Å². The Kier molecular flexibility index (Phi) is 2.24. The first-order valence-electron chi connectivity index (χ1n) is 7.22. The van der Waals surface area contributed by atoms with Gasteiger partial charge >= 0.3 is 0 Å². The van der Waals surface area contributed by atoms with Crippen molar-refractivity contribution in [3.8, 4) is 0 Å². The molecule has 0 spiro atoms. The quantitative estimate of drug-likeness (QED) is 0.786. The Balaban J connectivity index is 1.69. The first-order chi connectivity index (χ1) is 9.51. The van der Waals surface area contributed by atoms with Crippen molar-refractivity contribution in [2.45, 2.75) is 26.8 Å². The lowest BCUT2D eigenvalue weighted by Crippen LogP contribution is -2.36. The zero-order chi connectivity index (χ0) is 14.1. The number of imide groups is 1. The van der Waals surface area contributed by atoms with Crippen molar-refractivity contribution in [3.05, 3.63) is 29.3 Å². The smallest absolute Gasteiger partial charge is 0.238 e. The van der Waals surface area contributed by atoms with E-state index in [1.54, 1.807) is 0 Å². The van der Waals surface area contributed by atoms with E-state index in [1.165, 1.54) is 16.0 Å². The molecule has 1 N–H and O–H groups in total. The van der Waals surface area contributed by atoms with Gasteiger partial charge in [-0.2, -0.15) is 0 Å². The van der Waals surface area contributed by atoms with Crippen LogP contribution in [0.1, 0.15) is 25.0 Å². The highest BCUT2D eigenvalue weighted by Gasteiger charge is 2.72. The van der Waals surface area contributed by atoms with E-state index in [1.807, 2.05) is 26.0 Å². The molecule has 2 heterocycles. The van der Waals surface area contributed by atoms with Crippen LogP contribution < -0.4 is 10.2 Å². The maximum atomic E-state index is 12.4. The fraction of sp³-hybridized carbons (Fsp3) is 0.500. The van der Waals surface area contributed by atoms with Crippen LogP contribution in [-0.4, -0.2) is 18.4 Å². The summed E-state index contributed by atoms with van der Waals surface area (Å²) >= 11 is 0. The number of piperidine rings is 1. The minimum Gasteiger partial charge on any atom is -0.312 e. The van der Waals surface area contributed by atoms with Crippen LogP contribution >= 0.6 is 0 Å². The molecule has 1 aromatic carbocycles. The highest BCUT2D eigenvalue weighted by Crippen LogP contribution is 2.63. The van der Waals surface area contributed by atoms with Crippen LogP contribution in [-0.2, 0) is 22.6 Å². The molecule has 104 valence electrons. The second-order valence-corrected chi connectivity index (χ2v) is 6.67. The molecule has 1 saturated heterocycles. The van der Waals surface area contributed by atoms with E-state index in [4.69, 9.17) is 0 Å². The fourth-order valence-corrected chi connectivity index (χ4v) is 3.81. The summed E-state index contributed by atoms with van der Waals surface area (Å²) < 4.78 is 0. The molecule has 2 unspecified atom stereocenters. The van der Waals surface area contributed by atoms with Gasteiger partial charge in [0.15, 0.2) is 0 Å². The van der Waals surface area contributed by atoms with Crippen molar-refractivity contribution in [1.82, 2.24) is 5.32 Å². The van der Waals surface area contributed by atoms with E-state index in [-0.39, 0.29) is 29.1 Å². The molecule has 2 aliphatic heterocycles. The van der Waals surface area contributed by atoms with Crippen molar-refractivity contribution in [2.24, 2.45) is 17.3 Å². The monoisotopic (exact) mass is 270 g/mol. The minimum absolute atomic E-state index is 0.0197. The first-order valence-corrected chi connectivity index (χ1v) is 7.22. The van der Waals surface area contributed by atoms with Gasteiger partial charge < -0.3 is 5.32 Å². The SMILES string of the molecule is CC1(C)C2C(=O)N(c3ccc4c(c3)CNCC4)C(=O)C21. The Morgan fingerprint density at radius 2 is 1.85 bits per heavy atom. The number of nitrogens with zero attached hydrogens (tertiary/aromatic N) is 1. The summed E-state index contributed by atoms with van der Waals surface area (Å²) in [5.74, 6) is -0.254. The molecule has 4 nitrogen and oxygen atoms in total. The molecule has 0 aromatic heterocycles. The van der Waals surface area contributed by atoms with Crippen LogP contribution in [0, 0.1) is 17.3 Å². The number of anilines is 1. The zero-order valence-electron chi connectivity index (χ0n) is 11.8. The summed E-state index contributed by atoms with van der Waals surface area (Å²) in [5, 5.41) is 3.32. The number of carbonyl (C=O) groups excluding carboxylic acids is 2. The highest BCUT2D eigenvalue weighted by atomic mass is 16.2. The fourth-order valence-electron chi connectivity index (χ4n) is 3.81. The van der Waals surface area contributed by atoms with E-state index in [9.17, 15) is 9.59 Å². The standard InChI is InChI=1S/C16H18N2O2/c1-16(2)12-13(16)15(20)18(14(12)19)11-4-3-9-5-6-17-8-10(9)7-11/h3-4,7,12-13,17H,5-6,8H2,1-2H3. The Hall–Kier alpha value is -1.68. The van der Waals surface area contributed by atoms with E-state index in [0.717, 1.165) is 25.2 Å². The molecular formula is C16H18N2O2. The third-order valence-electron chi connectivity index (χ3n) is 5.13. The van der Waals surface area contributed by atoms with Gasteiger partial charge in [0.25, 0.3) is 0 Å². The van der Waals surface area contributed by atoms with Gasteiger partial charge in [-0.1, -0.05) is 19.9 Å². The molecular weight excluding hydrogens is 252 g/mol. The van der Waals surface area contributed by atoms with Crippen molar-refractivity contribution in [2.75, 3.05) is 11.4 Å². The van der Waals surface area contributed by atoms with E-state index in [0.29, 0.717) is 0 Å². The molecule has 20 heavy (non-hydrogen) atoms. The largest absolute Gasteiger partial charge is 0.312 e. The Bertz CT molecular complexity index is 611. The van der Waals surface area contributed by atoms with Crippen molar-refractivity contribution < 1.29 is 9.59 Å². The van der Waals surface area contributed by atoms with Gasteiger partial charge in [0.05, 0.1) is 17.5 Å². The van der Waals surface area contributed by atoms with Crippen LogP contribution in [0.2, 0.25) is 0 Å². The predicted octanol–water partition coefficient (Wildman–Crippen LogP) is 1.48. The molecule has 2 atom stereocenters. The van der Waals surface area contributed by atoms with Gasteiger partial charge in [0.1, 0.15) is 0 Å². The van der Waals surface area contributed by atoms with E-state index in [2.05, 4.69) is 11.4 Å². The second-order valence-electron chi connectivity index (χ2n) is 6.67. The molecule has 3 aliphatic rings. The number of rotatable bonds is 1. The molecule has 4 rings (SSSR count). The van der Waals surface area contributed by atoms with Gasteiger partial charge in [-0.15, -0.1) is 0 Å². The molecule has 4 heteroatoms. The summed E-state index contributed by atoms with van der Waals surface area (Å²) in [6, 6.07) is 5.97. The lowest BCUT2D eigenvalue weighted by Gasteiger charge is -2.23. The molecule has 0 radical (unpaired) electrons. The number of benzene rings is 1. The highest BCUT2D eigenvalue weighted by molar-refractivity contribution is 6.25. The third-order valence-corrected chi connectivity index (χ3v) is 5.13. The maximum absolute atomic E-state index is 12.4. The van der Waals surface area contributed by atoms with Crippen molar-refractivity contribution in [3.63, 3.8) is 0 Å². The topological polar surface area (TPSA) is 49.4 Å². The van der Waals surface area contributed by atoms with Crippen molar-refractivity contribution in [1.29, 1.82) is 0 Å². The number of hydrogen-bond acceptors (Lipinski definition) is 3. The molecule has 0 bridgehead atoms. The molecule has 2 amide bonds. The van der Waals surface area contributed by atoms with E-state index >= 15 is 0 Å². The maximum Gasteiger partial charge on any atom is 0.238 e. The van der Waals surface area contributed by atoms with Gasteiger partial charge in [0.2, 0.25) is 11.8 Å². The first kappa shape index (κ1) is 12.1. The van der Waals surface area contributed by atoms with Gasteiger partial charge in [0, 0.05) is 6.54 Å². The molecule has 1 aromatic rings. The summed E-state index contributed by atoms with van der Waals surface area (Å²) in [6.45, 7) is 5.82. The predicted molar refractivity (Wildman–Crippen MR) is 75.1 cm³/mol. The number of hydrogen-bond donors (Lipinski definition) is 1.